The third kappa shape index (κ3) is 4.11. The highest BCUT2D eigenvalue weighted by atomic mass is 16.7. The Hall–Kier alpha value is -3.39. The van der Waals surface area contributed by atoms with E-state index in [2.05, 4.69) is 0 Å². The van der Waals surface area contributed by atoms with Crippen LogP contribution >= 0.6 is 0 Å². The SMILES string of the molecule is COc1cccc2c1C(=O)c1c(O)c3c(c(O)c1C2=O)C[C@@](O)(C(=O)CO)C[C@H]3O[C@H]1C[C@@H](N)[C@@H](O)[C@H](C)O1. The van der Waals surface area contributed by atoms with Gasteiger partial charge in [0.05, 0.1) is 42.1 Å². The predicted molar refractivity (Wildman–Crippen MR) is 132 cm³/mol. The zero-order valence-electron chi connectivity index (χ0n) is 21.2. The standard InChI is InChI=1S/C27H29NO11/c1-10-22(31)13(28)6-17(38-10)39-15-8-27(36,16(30)9-29)7-12-19(15)26(35)21-20(24(12)33)23(32)11-4-3-5-14(37-2)18(11)25(21)34/h3-5,10,13,15,17,22,29,31,33,35-36H,6-9,28H2,1-2H3/t10-,13+,15+,17-,22-,27-/m0/s1. The minimum atomic E-state index is -2.24. The van der Waals surface area contributed by atoms with Crippen LogP contribution in [0.5, 0.6) is 17.2 Å². The fourth-order valence-corrected chi connectivity index (χ4v) is 5.75. The highest BCUT2D eigenvalue weighted by molar-refractivity contribution is 6.31. The van der Waals surface area contributed by atoms with Crippen molar-refractivity contribution in [2.24, 2.45) is 5.73 Å². The van der Waals surface area contributed by atoms with Gasteiger partial charge in [-0.1, -0.05) is 12.1 Å². The van der Waals surface area contributed by atoms with Crippen LogP contribution in [0.15, 0.2) is 18.2 Å². The summed E-state index contributed by atoms with van der Waals surface area (Å²) in [6.07, 6.45) is -5.12. The number of hydrogen-bond acceptors (Lipinski definition) is 12. The van der Waals surface area contributed by atoms with Gasteiger partial charge in [-0.15, -0.1) is 0 Å². The summed E-state index contributed by atoms with van der Waals surface area (Å²) in [7, 11) is 1.32. The number of ether oxygens (including phenoxy) is 3. The first-order valence-electron chi connectivity index (χ1n) is 12.4. The van der Waals surface area contributed by atoms with E-state index < -0.39 is 95.7 Å². The van der Waals surface area contributed by atoms with E-state index in [0.29, 0.717) is 0 Å². The molecule has 2 aliphatic carbocycles. The molecule has 1 aliphatic heterocycles. The average Bonchev–Trinajstić information content (AvgIpc) is 2.90. The molecule has 12 heteroatoms. The minimum absolute atomic E-state index is 0.0173. The molecule has 1 fully saturated rings. The zero-order chi connectivity index (χ0) is 28.4. The van der Waals surface area contributed by atoms with Crippen LogP contribution in [0.4, 0.5) is 0 Å². The molecule has 0 unspecified atom stereocenters. The summed E-state index contributed by atoms with van der Waals surface area (Å²) < 4.78 is 17.0. The fraction of sp³-hybridized carbons (Fsp3) is 0.444. The van der Waals surface area contributed by atoms with Crippen LogP contribution in [0, 0.1) is 0 Å². The van der Waals surface area contributed by atoms with Crippen LogP contribution in [0.3, 0.4) is 0 Å². The summed E-state index contributed by atoms with van der Waals surface area (Å²) in [4.78, 5) is 39.7. The van der Waals surface area contributed by atoms with Crippen LogP contribution < -0.4 is 10.5 Å². The largest absolute Gasteiger partial charge is 0.507 e. The molecule has 0 bridgehead atoms. The van der Waals surface area contributed by atoms with Crippen molar-refractivity contribution in [2.75, 3.05) is 13.7 Å². The van der Waals surface area contributed by atoms with Crippen LogP contribution in [-0.4, -0.2) is 86.7 Å². The highest BCUT2D eigenvalue weighted by Crippen LogP contribution is 2.52. The van der Waals surface area contributed by atoms with Crippen LogP contribution in [0.1, 0.15) is 68.8 Å². The quantitative estimate of drug-likeness (QED) is 0.235. The molecule has 6 atom stereocenters. The number of phenols is 2. The highest BCUT2D eigenvalue weighted by Gasteiger charge is 2.50. The van der Waals surface area contributed by atoms with E-state index in [-0.39, 0.29) is 34.4 Å². The van der Waals surface area contributed by atoms with E-state index in [1.165, 1.54) is 25.3 Å². The Labute approximate surface area is 222 Å². The first-order chi connectivity index (χ1) is 18.4. The summed E-state index contributed by atoms with van der Waals surface area (Å²) in [6, 6.07) is 3.64. The maximum Gasteiger partial charge on any atom is 0.202 e. The Balaban J connectivity index is 1.69. The second kappa shape index (κ2) is 9.66. The van der Waals surface area contributed by atoms with Crippen molar-refractivity contribution in [1.29, 1.82) is 0 Å². The van der Waals surface area contributed by atoms with Gasteiger partial charge in [-0.25, -0.2) is 0 Å². The van der Waals surface area contributed by atoms with E-state index in [0.717, 1.165) is 0 Å². The lowest BCUT2D eigenvalue weighted by atomic mass is 9.72. The number of hydrogen-bond donors (Lipinski definition) is 6. The number of rotatable bonds is 5. The minimum Gasteiger partial charge on any atom is -0.507 e. The molecular formula is C27H29NO11. The molecule has 0 spiro atoms. The molecule has 2 aromatic carbocycles. The van der Waals surface area contributed by atoms with Gasteiger partial charge in [0, 0.05) is 42.0 Å². The number of benzene rings is 2. The van der Waals surface area contributed by atoms with Gasteiger partial charge < -0.3 is 45.5 Å². The molecule has 12 nitrogen and oxygen atoms in total. The molecule has 3 aliphatic rings. The lowest BCUT2D eigenvalue weighted by Crippen LogP contribution is -2.53. The number of Topliss-reactive ketones (excluding diaryl/α,β-unsaturated/α-hetero) is 1. The van der Waals surface area contributed by atoms with Crippen molar-refractivity contribution >= 4 is 17.3 Å². The monoisotopic (exact) mass is 543 g/mol. The number of ketones is 3. The summed E-state index contributed by atoms with van der Waals surface area (Å²) in [5, 5.41) is 53.7. The molecule has 5 rings (SSSR count). The molecule has 0 amide bonds. The van der Waals surface area contributed by atoms with Gasteiger partial charge in [-0.3, -0.25) is 14.4 Å². The van der Waals surface area contributed by atoms with Crippen molar-refractivity contribution < 1.29 is 54.1 Å². The van der Waals surface area contributed by atoms with E-state index in [1.807, 2.05) is 0 Å². The van der Waals surface area contributed by atoms with Gasteiger partial charge in [0.2, 0.25) is 5.78 Å². The average molecular weight is 544 g/mol. The molecule has 0 saturated carbocycles. The number of carbonyl (C=O) groups excluding carboxylic acids is 3. The number of aliphatic hydroxyl groups excluding tert-OH is 2. The van der Waals surface area contributed by atoms with Gasteiger partial charge in [0.1, 0.15) is 29.5 Å². The smallest absolute Gasteiger partial charge is 0.202 e. The maximum absolute atomic E-state index is 13.6. The predicted octanol–water partition coefficient (Wildman–Crippen LogP) is 0.00130. The van der Waals surface area contributed by atoms with Crippen molar-refractivity contribution in [2.45, 2.75) is 62.4 Å². The number of carbonyl (C=O) groups is 3. The fourth-order valence-electron chi connectivity index (χ4n) is 5.75. The van der Waals surface area contributed by atoms with Gasteiger partial charge in [-0.05, 0) is 13.0 Å². The van der Waals surface area contributed by atoms with Gasteiger partial charge in [0.25, 0.3) is 0 Å². The van der Waals surface area contributed by atoms with Crippen LogP contribution in [0.25, 0.3) is 0 Å². The van der Waals surface area contributed by atoms with Crippen LogP contribution in [0.2, 0.25) is 0 Å². The summed E-state index contributed by atoms with van der Waals surface area (Å²) in [6.45, 7) is 0.560. The second-order valence-electron chi connectivity index (χ2n) is 10.2. The zero-order valence-corrected chi connectivity index (χ0v) is 21.2. The Kier molecular flexibility index (Phi) is 6.74. The van der Waals surface area contributed by atoms with Gasteiger partial charge >= 0.3 is 0 Å². The number of aromatic hydroxyl groups is 2. The summed E-state index contributed by atoms with van der Waals surface area (Å²) >= 11 is 0. The first kappa shape index (κ1) is 27.2. The molecule has 0 aromatic heterocycles. The van der Waals surface area contributed by atoms with Gasteiger partial charge in [0.15, 0.2) is 17.9 Å². The van der Waals surface area contributed by atoms with Crippen molar-refractivity contribution in [3.8, 4) is 17.2 Å². The third-order valence-electron chi connectivity index (χ3n) is 7.81. The Morgan fingerprint density at radius 1 is 1.15 bits per heavy atom. The number of methoxy groups -OCH3 is 1. The molecule has 208 valence electrons. The Bertz CT molecular complexity index is 1380. The van der Waals surface area contributed by atoms with Crippen molar-refractivity contribution in [3.63, 3.8) is 0 Å². The molecular weight excluding hydrogens is 514 g/mol. The molecule has 2 aromatic rings. The maximum atomic E-state index is 13.6. The molecule has 39 heavy (non-hydrogen) atoms. The van der Waals surface area contributed by atoms with Crippen molar-refractivity contribution in [1.82, 2.24) is 0 Å². The lowest BCUT2D eigenvalue weighted by molar-refractivity contribution is -0.247. The molecule has 0 radical (unpaired) electrons. The second-order valence-corrected chi connectivity index (χ2v) is 10.2. The Morgan fingerprint density at radius 3 is 2.49 bits per heavy atom. The first-order valence-corrected chi connectivity index (χ1v) is 12.4. The van der Waals surface area contributed by atoms with Crippen molar-refractivity contribution in [3.05, 3.63) is 51.6 Å². The van der Waals surface area contributed by atoms with E-state index in [4.69, 9.17) is 19.9 Å². The summed E-state index contributed by atoms with van der Waals surface area (Å²) in [5.74, 6) is -3.77. The van der Waals surface area contributed by atoms with E-state index in [9.17, 15) is 39.9 Å². The molecule has 1 heterocycles. The Morgan fingerprint density at radius 2 is 1.85 bits per heavy atom. The molecule has 1 saturated heterocycles. The van der Waals surface area contributed by atoms with Gasteiger partial charge in [-0.2, -0.15) is 0 Å². The number of fused-ring (bicyclic) bond motifs is 3. The summed E-state index contributed by atoms with van der Waals surface area (Å²) in [5.41, 5.74) is 2.37. The topological polar surface area (TPSA) is 206 Å². The van der Waals surface area contributed by atoms with E-state index >= 15 is 0 Å². The lowest BCUT2D eigenvalue weighted by Gasteiger charge is -2.42. The molecule has 7 N–H and O–H groups in total. The number of aliphatic hydroxyl groups is 3. The number of nitrogens with two attached hydrogens (primary N) is 1. The van der Waals surface area contributed by atoms with Crippen LogP contribution in [-0.2, 0) is 20.7 Å². The number of phenolic OH excluding ortho intramolecular Hbond substituents is 2. The third-order valence-corrected chi connectivity index (χ3v) is 7.81. The van der Waals surface area contributed by atoms with E-state index in [1.54, 1.807) is 6.92 Å². The normalized spacial score (nSPS) is 29.8.